The number of carbonyl (C=O) groups is 1. The number of hydrazone groups is 1. The molecular weight excluding hydrogens is 458 g/mol. The third-order valence-electron chi connectivity index (χ3n) is 4.72. The maximum Gasteiger partial charge on any atom is 0.270 e. The number of nitro benzene ring substituents is 1. The second-order valence-electron chi connectivity index (χ2n) is 7.53. The summed E-state index contributed by atoms with van der Waals surface area (Å²) in [6.07, 6.45) is 1.45. The lowest BCUT2D eigenvalue weighted by atomic mass is 10.1. The third-order valence-corrected chi connectivity index (χ3v) is 6.13. The number of aryl methyl sites for hydroxylation is 2. The van der Waals surface area contributed by atoms with Crippen molar-refractivity contribution in [3.63, 3.8) is 0 Å². The molecule has 1 amide bonds. The highest BCUT2D eigenvalue weighted by Gasteiger charge is 2.23. The van der Waals surface area contributed by atoms with Crippen molar-refractivity contribution in [3.8, 4) is 0 Å². The topological polar surface area (TPSA) is 143 Å². The van der Waals surface area contributed by atoms with Crippen molar-refractivity contribution in [3.05, 3.63) is 87.5 Å². The van der Waals surface area contributed by atoms with Gasteiger partial charge in [0, 0.05) is 24.7 Å². The van der Waals surface area contributed by atoms with Gasteiger partial charge < -0.3 is 5.32 Å². The van der Waals surface area contributed by atoms with Crippen molar-refractivity contribution in [2.45, 2.75) is 25.7 Å². The first-order valence-electron chi connectivity index (χ1n) is 10.1. The van der Waals surface area contributed by atoms with Crippen LogP contribution in [0.5, 0.6) is 0 Å². The van der Waals surface area contributed by atoms with Gasteiger partial charge in [0.2, 0.25) is 5.91 Å². The molecule has 10 nitrogen and oxygen atoms in total. The van der Waals surface area contributed by atoms with Crippen molar-refractivity contribution in [1.82, 2.24) is 0 Å². The van der Waals surface area contributed by atoms with Gasteiger partial charge in [-0.15, -0.1) is 0 Å². The summed E-state index contributed by atoms with van der Waals surface area (Å²) in [7, 11) is -4.18. The van der Waals surface area contributed by atoms with Crippen LogP contribution in [0.25, 0.3) is 0 Å². The van der Waals surface area contributed by atoms with E-state index in [0.29, 0.717) is 22.5 Å². The normalized spacial score (nSPS) is 11.3. The van der Waals surface area contributed by atoms with Gasteiger partial charge in [-0.25, -0.2) is 8.42 Å². The maximum atomic E-state index is 13.1. The molecule has 34 heavy (non-hydrogen) atoms. The average molecular weight is 482 g/mol. The van der Waals surface area contributed by atoms with Crippen LogP contribution in [0.2, 0.25) is 0 Å². The Labute approximate surface area is 196 Å². The molecule has 0 aromatic heterocycles. The van der Waals surface area contributed by atoms with Crippen LogP contribution in [0.4, 0.5) is 22.7 Å². The van der Waals surface area contributed by atoms with Crippen molar-refractivity contribution in [2.75, 3.05) is 15.5 Å². The number of anilines is 3. The number of nitrogens with one attached hydrogen (secondary N) is 3. The second kappa shape index (κ2) is 10.1. The predicted molar refractivity (Wildman–Crippen MR) is 132 cm³/mol. The molecule has 11 heteroatoms. The van der Waals surface area contributed by atoms with Gasteiger partial charge in [0.15, 0.2) is 0 Å². The first kappa shape index (κ1) is 24.4. The molecule has 0 heterocycles. The van der Waals surface area contributed by atoms with Crippen LogP contribution in [0, 0.1) is 24.0 Å². The number of carbonyl (C=O) groups excluding carboxylic acids is 1. The van der Waals surface area contributed by atoms with Crippen LogP contribution in [0.1, 0.15) is 23.6 Å². The molecule has 0 saturated heterocycles. The van der Waals surface area contributed by atoms with Crippen molar-refractivity contribution in [1.29, 1.82) is 0 Å². The minimum Gasteiger partial charge on any atom is -0.326 e. The predicted octanol–water partition coefficient (Wildman–Crippen LogP) is 4.42. The Morgan fingerprint density at radius 1 is 1.00 bits per heavy atom. The summed E-state index contributed by atoms with van der Waals surface area (Å²) >= 11 is 0. The number of rotatable bonds is 8. The summed E-state index contributed by atoms with van der Waals surface area (Å²) in [5.74, 6) is -0.190. The first-order valence-corrected chi connectivity index (χ1v) is 11.6. The van der Waals surface area contributed by atoms with E-state index in [2.05, 4.69) is 20.6 Å². The lowest BCUT2D eigenvalue weighted by Gasteiger charge is -2.14. The zero-order valence-electron chi connectivity index (χ0n) is 18.7. The highest BCUT2D eigenvalue weighted by molar-refractivity contribution is 7.92. The van der Waals surface area contributed by atoms with Crippen LogP contribution >= 0.6 is 0 Å². The number of hydrogen-bond donors (Lipinski definition) is 3. The monoisotopic (exact) mass is 481 g/mol. The fourth-order valence-electron chi connectivity index (χ4n) is 3.10. The number of amides is 1. The Morgan fingerprint density at radius 2 is 1.68 bits per heavy atom. The van der Waals surface area contributed by atoms with Crippen LogP contribution in [0.15, 0.2) is 70.7 Å². The van der Waals surface area contributed by atoms with Gasteiger partial charge in [-0.05, 0) is 49.2 Å². The molecule has 3 aromatic rings. The molecule has 3 rings (SSSR count). The minimum atomic E-state index is -4.18. The van der Waals surface area contributed by atoms with E-state index in [1.165, 1.54) is 25.3 Å². The Morgan fingerprint density at radius 3 is 2.29 bits per heavy atom. The Hall–Kier alpha value is -4.25. The number of nitrogens with zero attached hydrogens (tertiary/aromatic N) is 2. The van der Waals surface area contributed by atoms with Crippen molar-refractivity contribution in [2.24, 2.45) is 5.10 Å². The number of benzene rings is 3. The van der Waals surface area contributed by atoms with Gasteiger partial charge in [0.1, 0.15) is 4.90 Å². The molecule has 0 aliphatic carbocycles. The van der Waals surface area contributed by atoms with Crippen LogP contribution in [0.3, 0.4) is 0 Å². The van der Waals surface area contributed by atoms with E-state index in [1.807, 2.05) is 13.0 Å². The lowest BCUT2D eigenvalue weighted by Crippen LogP contribution is -2.16. The highest BCUT2D eigenvalue weighted by Crippen LogP contribution is 2.29. The molecule has 0 atom stereocenters. The van der Waals surface area contributed by atoms with Gasteiger partial charge in [0.25, 0.3) is 15.7 Å². The Kier molecular flexibility index (Phi) is 7.27. The van der Waals surface area contributed by atoms with Crippen LogP contribution < -0.4 is 15.5 Å². The molecule has 3 N–H and O–H groups in total. The minimum absolute atomic E-state index is 0.0639. The number of hydrogen-bond acceptors (Lipinski definition) is 7. The molecule has 0 radical (unpaired) electrons. The summed E-state index contributed by atoms with van der Waals surface area (Å²) in [6.45, 7) is 5.06. The zero-order valence-corrected chi connectivity index (χ0v) is 19.5. The number of non-ortho nitro benzene ring substituents is 1. The fraction of sp³-hybridized carbons (Fsp3) is 0.130. The van der Waals surface area contributed by atoms with Gasteiger partial charge >= 0.3 is 0 Å². The number of nitro groups is 1. The average Bonchev–Trinajstić information content (AvgIpc) is 2.76. The SMILES string of the molecule is CC(=O)Nc1ccc(/C=N/Nc2ccc([N+](=O)[O-])cc2S(=O)(=O)Nc2ccc(C)cc2C)cc1. The van der Waals surface area contributed by atoms with Crippen LogP contribution in [-0.4, -0.2) is 25.5 Å². The second-order valence-corrected chi connectivity index (χ2v) is 9.19. The summed E-state index contributed by atoms with van der Waals surface area (Å²) in [5.41, 5.74) is 5.70. The molecule has 0 aliphatic rings. The maximum absolute atomic E-state index is 13.1. The van der Waals surface area contributed by atoms with Crippen molar-refractivity contribution >= 4 is 44.9 Å². The third kappa shape index (κ3) is 6.17. The molecule has 3 aromatic carbocycles. The Bertz CT molecular complexity index is 1370. The summed E-state index contributed by atoms with van der Waals surface area (Å²) in [5, 5.41) is 18.0. The lowest BCUT2D eigenvalue weighted by molar-refractivity contribution is -0.385. The van der Waals surface area contributed by atoms with E-state index < -0.39 is 14.9 Å². The standard InChI is InChI=1S/C23H23N5O5S/c1-15-4-10-21(16(2)12-15)27-34(32,33)23-13-20(28(30)31)9-11-22(23)26-24-14-18-5-7-19(8-6-18)25-17(3)29/h4-14,26-27H,1-3H3,(H,25,29)/b24-14+. The van der Waals surface area contributed by atoms with Gasteiger partial charge in [-0.3, -0.25) is 25.1 Å². The molecule has 0 aliphatic heterocycles. The quantitative estimate of drug-likeness (QED) is 0.247. The first-order chi connectivity index (χ1) is 16.0. The van der Waals surface area contributed by atoms with E-state index in [4.69, 9.17) is 0 Å². The van der Waals surface area contributed by atoms with Crippen molar-refractivity contribution < 1.29 is 18.1 Å². The summed E-state index contributed by atoms with van der Waals surface area (Å²) in [6, 6.07) is 15.5. The molecule has 0 bridgehead atoms. The smallest absolute Gasteiger partial charge is 0.270 e. The van der Waals surface area contributed by atoms with E-state index in [-0.39, 0.29) is 22.2 Å². The molecule has 0 spiro atoms. The van der Waals surface area contributed by atoms with E-state index in [9.17, 15) is 23.3 Å². The van der Waals surface area contributed by atoms with Crippen LogP contribution in [-0.2, 0) is 14.8 Å². The van der Waals surface area contributed by atoms with E-state index >= 15 is 0 Å². The summed E-state index contributed by atoms with van der Waals surface area (Å²) < 4.78 is 28.8. The Balaban J connectivity index is 1.88. The summed E-state index contributed by atoms with van der Waals surface area (Å²) in [4.78, 5) is 21.4. The molecule has 176 valence electrons. The zero-order chi connectivity index (χ0) is 24.9. The van der Waals surface area contributed by atoms with Gasteiger partial charge in [-0.1, -0.05) is 29.8 Å². The largest absolute Gasteiger partial charge is 0.326 e. The van der Waals surface area contributed by atoms with E-state index in [0.717, 1.165) is 11.6 Å². The molecule has 0 fully saturated rings. The fourth-order valence-corrected chi connectivity index (χ4v) is 4.41. The molecule has 0 saturated carbocycles. The molecule has 0 unspecified atom stereocenters. The highest BCUT2D eigenvalue weighted by atomic mass is 32.2. The molecular formula is C23H23N5O5S. The van der Waals surface area contributed by atoms with Gasteiger partial charge in [-0.2, -0.15) is 5.10 Å². The van der Waals surface area contributed by atoms with Gasteiger partial charge in [0.05, 0.1) is 22.5 Å². The van der Waals surface area contributed by atoms with E-state index in [1.54, 1.807) is 43.3 Å². The number of sulfonamides is 1.